The van der Waals surface area contributed by atoms with Crippen molar-refractivity contribution < 1.29 is 17.9 Å². The van der Waals surface area contributed by atoms with Crippen LogP contribution in [0.5, 0.6) is 0 Å². The molecule has 2 aliphatic rings. The summed E-state index contributed by atoms with van der Waals surface area (Å²) in [4.78, 5) is 1.93. The molecule has 1 saturated carbocycles. The summed E-state index contributed by atoms with van der Waals surface area (Å²) in [7, 11) is 1.16. The summed E-state index contributed by atoms with van der Waals surface area (Å²) in [5.74, 6) is 0.724. The average molecular weight is 251 g/mol. The highest BCUT2D eigenvalue weighted by atomic mass is 19.4. The average Bonchev–Trinajstić information content (AvgIpc) is 2.17. The van der Waals surface area contributed by atoms with Gasteiger partial charge in [0.25, 0.3) is 0 Å². The van der Waals surface area contributed by atoms with Crippen LogP contribution in [0.15, 0.2) is 0 Å². The van der Waals surface area contributed by atoms with Crippen molar-refractivity contribution in [3.63, 3.8) is 0 Å². The van der Waals surface area contributed by atoms with Crippen LogP contribution < -0.4 is 0 Å². The first kappa shape index (κ1) is 13.1. The van der Waals surface area contributed by atoms with Crippen LogP contribution >= 0.6 is 0 Å². The van der Waals surface area contributed by atoms with Crippen LogP contribution in [0.3, 0.4) is 0 Å². The summed E-state index contributed by atoms with van der Waals surface area (Å²) in [5, 5.41) is 0. The van der Waals surface area contributed by atoms with Crippen molar-refractivity contribution in [1.82, 2.24) is 4.90 Å². The van der Waals surface area contributed by atoms with E-state index in [9.17, 15) is 13.2 Å². The van der Waals surface area contributed by atoms with Gasteiger partial charge >= 0.3 is 6.18 Å². The molecule has 0 radical (unpaired) electrons. The molecule has 2 fully saturated rings. The Morgan fingerprint density at radius 1 is 1.12 bits per heavy atom. The van der Waals surface area contributed by atoms with E-state index >= 15 is 0 Å². The lowest BCUT2D eigenvalue weighted by Crippen LogP contribution is -2.72. The number of halogens is 3. The first-order chi connectivity index (χ1) is 7.88. The highest BCUT2D eigenvalue weighted by Gasteiger charge is 2.63. The molecule has 0 aromatic heterocycles. The van der Waals surface area contributed by atoms with Crippen LogP contribution in [-0.4, -0.2) is 42.9 Å². The summed E-state index contributed by atoms with van der Waals surface area (Å²) in [6, 6.07) is 0.330. The van der Waals surface area contributed by atoms with E-state index in [4.69, 9.17) is 4.74 Å². The Morgan fingerprint density at radius 2 is 1.65 bits per heavy atom. The molecule has 100 valence electrons. The largest absolute Gasteiger partial charge is 0.419 e. The van der Waals surface area contributed by atoms with Crippen molar-refractivity contribution in [2.24, 2.45) is 5.92 Å². The summed E-state index contributed by atoms with van der Waals surface area (Å²) in [6.07, 6.45) is 0.0676. The number of methoxy groups -OCH3 is 1. The molecular weight excluding hydrogens is 231 g/mol. The molecule has 2 nitrogen and oxygen atoms in total. The molecule has 1 aliphatic carbocycles. The summed E-state index contributed by atoms with van der Waals surface area (Å²) in [5.41, 5.74) is -1.91. The lowest BCUT2D eigenvalue weighted by molar-refractivity contribution is -0.315. The molecule has 0 N–H and O–H groups in total. The van der Waals surface area contributed by atoms with Gasteiger partial charge in [-0.1, -0.05) is 6.92 Å². The van der Waals surface area contributed by atoms with E-state index in [1.165, 1.54) is 0 Å². The van der Waals surface area contributed by atoms with Gasteiger partial charge in [-0.15, -0.1) is 0 Å². The number of ether oxygens (including phenoxy) is 1. The van der Waals surface area contributed by atoms with E-state index in [-0.39, 0.29) is 13.1 Å². The lowest BCUT2D eigenvalue weighted by atomic mass is 9.82. The number of hydrogen-bond acceptors (Lipinski definition) is 2. The van der Waals surface area contributed by atoms with E-state index in [1.54, 1.807) is 0 Å². The van der Waals surface area contributed by atoms with E-state index in [0.717, 1.165) is 38.7 Å². The quantitative estimate of drug-likeness (QED) is 0.748. The Balaban J connectivity index is 1.89. The van der Waals surface area contributed by atoms with E-state index in [1.807, 2.05) is 4.90 Å². The van der Waals surface area contributed by atoms with Gasteiger partial charge < -0.3 is 4.74 Å². The monoisotopic (exact) mass is 251 g/mol. The standard InChI is InChI=1S/C12H20F3NO/c1-9-3-5-10(6-4-9)16-7-11(8-16,17-2)12(13,14)15/h9-10H,3-8H2,1-2H3. The van der Waals surface area contributed by atoms with Crippen molar-refractivity contribution in [3.8, 4) is 0 Å². The Hall–Kier alpha value is -0.290. The minimum atomic E-state index is -4.25. The molecule has 0 spiro atoms. The predicted octanol–water partition coefficient (Wildman–Crippen LogP) is 2.83. The maximum absolute atomic E-state index is 12.8. The van der Waals surface area contributed by atoms with Crippen molar-refractivity contribution in [3.05, 3.63) is 0 Å². The maximum atomic E-state index is 12.8. The lowest BCUT2D eigenvalue weighted by Gasteiger charge is -2.53. The van der Waals surface area contributed by atoms with Crippen molar-refractivity contribution in [1.29, 1.82) is 0 Å². The third kappa shape index (κ3) is 2.32. The van der Waals surface area contributed by atoms with Crippen LogP contribution in [0, 0.1) is 5.92 Å². The summed E-state index contributed by atoms with van der Waals surface area (Å²) < 4.78 is 43.1. The molecule has 1 heterocycles. The molecule has 2 rings (SSSR count). The van der Waals surface area contributed by atoms with Gasteiger partial charge in [-0.05, 0) is 31.6 Å². The van der Waals surface area contributed by atoms with E-state index in [0.29, 0.717) is 6.04 Å². The number of alkyl halides is 3. The van der Waals surface area contributed by atoms with Crippen LogP contribution in [-0.2, 0) is 4.74 Å². The molecule has 1 saturated heterocycles. The number of hydrogen-bond donors (Lipinski definition) is 0. The zero-order chi connectivity index (χ0) is 12.7. The third-order valence-corrected chi connectivity index (χ3v) is 4.33. The second-order valence-electron chi connectivity index (χ2n) is 5.51. The zero-order valence-corrected chi connectivity index (χ0v) is 10.4. The fourth-order valence-electron chi connectivity index (χ4n) is 2.90. The smallest absolute Gasteiger partial charge is 0.366 e. The normalized spacial score (nSPS) is 34.4. The second kappa shape index (κ2) is 4.43. The maximum Gasteiger partial charge on any atom is 0.419 e. The number of likely N-dealkylation sites (tertiary alicyclic amines) is 1. The van der Waals surface area contributed by atoms with E-state index < -0.39 is 11.8 Å². The van der Waals surface area contributed by atoms with Gasteiger partial charge in [0.05, 0.1) is 0 Å². The summed E-state index contributed by atoms with van der Waals surface area (Å²) >= 11 is 0. The number of nitrogens with zero attached hydrogens (tertiary/aromatic N) is 1. The molecular formula is C12H20F3NO. The van der Waals surface area contributed by atoms with Gasteiger partial charge in [-0.3, -0.25) is 4.90 Å². The third-order valence-electron chi connectivity index (χ3n) is 4.33. The predicted molar refractivity (Wildman–Crippen MR) is 58.8 cm³/mol. The van der Waals surface area contributed by atoms with Gasteiger partial charge in [0, 0.05) is 26.2 Å². The second-order valence-corrected chi connectivity index (χ2v) is 5.51. The van der Waals surface area contributed by atoms with Crippen LogP contribution in [0.1, 0.15) is 32.6 Å². The Morgan fingerprint density at radius 3 is 2.06 bits per heavy atom. The minimum absolute atomic E-state index is 0.00600. The molecule has 0 bridgehead atoms. The fraction of sp³-hybridized carbons (Fsp3) is 1.00. The Labute approximate surface area is 100 Å². The molecule has 1 aliphatic heterocycles. The molecule has 0 unspecified atom stereocenters. The minimum Gasteiger partial charge on any atom is -0.366 e. The number of rotatable bonds is 2. The Kier molecular flexibility index (Phi) is 3.42. The molecule has 0 amide bonds. The summed E-state index contributed by atoms with van der Waals surface area (Å²) in [6.45, 7) is 2.22. The molecule has 0 atom stereocenters. The molecule has 0 aromatic carbocycles. The van der Waals surface area contributed by atoms with Crippen molar-refractivity contribution in [2.75, 3.05) is 20.2 Å². The topological polar surface area (TPSA) is 12.5 Å². The van der Waals surface area contributed by atoms with Gasteiger partial charge in [0.2, 0.25) is 0 Å². The van der Waals surface area contributed by atoms with Gasteiger partial charge in [0.15, 0.2) is 5.60 Å². The highest BCUT2D eigenvalue weighted by molar-refractivity contribution is 5.05. The van der Waals surface area contributed by atoms with Gasteiger partial charge in [0.1, 0.15) is 0 Å². The van der Waals surface area contributed by atoms with Gasteiger partial charge in [-0.25, -0.2) is 0 Å². The highest BCUT2D eigenvalue weighted by Crippen LogP contribution is 2.43. The van der Waals surface area contributed by atoms with Crippen molar-refractivity contribution >= 4 is 0 Å². The van der Waals surface area contributed by atoms with E-state index in [2.05, 4.69) is 6.92 Å². The molecule has 17 heavy (non-hydrogen) atoms. The zero-order valence-electron chi connectivity index (χ0n) is 10.4. The Bertz CT molecular complexity index is 265. The van der Waals surface area contributed by atoms with Gasteiger partial charge in [-0.2, -0.15) is 13.2 Å². The first-order valence-corrected chi connectivity index (χ1v) is 6.24. The molecule has 5 heteroatoms. The fourth-order valence-corrected chi connectivity index (χ4v) is 2.90. The van der Waals surface area contributed by atoms with Crippen molar-refractivity contribution in [2.45, 2.75) is 50.4 Å². The first-order valence-electron chi connectivity index (χ1n) is 6.24. The van der Waals surface area contributed by atoms with Crippen LogP contribution in [0.2, 0.25) is 0 Å². The van der Waals surface area contributed by atoms with Crippen LogP contribution in [0.25, 0.3) is 0 Å². The molecule has 0 aromatic rings. The SMILES string of the molecule is COC1(C(F)(F)F)CN(C2CCC(C)CC2)C1. The van der Waals surface area contributed by atoms with Crippen LogP contribution in [0.4, 0.5) is 13.2 Å².